The molecule has 4 aromatic rings. The van der Waals surface area contributed by atoms with Crippen LogP contribution in [0.25, 0.3) is 11.0 Å². The molecule has 0 amide bonds. The molecule has 0 radical (unpaired) electrons. The van der Waals surface area contributed by atoms with Crippen molar-refractivity contribution in [1.29, 1.82) is 0 Å². The third kappa shape index (κ3) is 4.71. The first-order chi connectivity index (χ1) is 14.8. The summed E-state index contributed by atoms with van der Waals surface area (Å²) in [6, 6.07) is 26.2. The Kier molecular flexibility index (Phi) is 6.45. The lowest BCUT2D eigenvalue weighted by Crippen LogP contribution is -2.10. The fourth-order valence-corrected chi connectivity index (χ4v) is 3.52. The van der Waals surface area contributed by atoms with Crippen molar-refractivity contribution in [2.45, 2.75) is 26.0 Å². The summed E-state index contributed by atoms with van der Waals surface area (Å²) in [5, 5.41) is 0. The average molecular weight is 399 g/mol. The van der Waals surface area contributed by atoms with Gasteiger partial charge in [0.05, 0.1) is 17.6 Å². The van der Waals surface area contributed by atoms with E-state index in [9.17, 15) is 0 Å². The van der Waals surface area contributed by atoms with Crippen LogP contribution in [0.5, 0.6) is 11.5 Å². The van der Waals surface area contributed by atoms with E-state index in [1.165, 1.54) is 0 Å². The molecule has 0 N–H and O–H groups in total. The molecule has 4 heteroatoms. The van der Waals surface area contributed by atoms with Crippen molar-refractivity contribution >= 4 is 11.0 Å². The van der Waals surface area contributed by atoms with Crippen LogP contribution in [0.15, 0.2) is 91.5 Å². The van der Waals surface area contributed by atoms with Crippen LogP contribution >= 0.6 is 0 Å². The Morgan fingerprint density at radius 1 is 0.867 bits per heavy atom. The highest BCUT2D eigenvalue weighted by Gasteiger charge is 2.11. The summed E-state index contributed by atoms with van der Waals surface area (Å²) in [7, 11) is 0. The lowest BCUT2D eigenvalue weighted by atomic mass is 10.1. The van der Waals surface area contributed by atoms with Gasteiger partial charge in [-0.25, -0.2) is 4.98 Å². The van der Waals surface area contributed by atoms with Crippen molar-refractivity contribution in [3.8, 4) is 11.5 Å². The number of fused-ring (bicyclic) bond motifs is 1. The molecular weight excluding hydrogens is 372 g/mol. The second-order valence-electron chi connectivity index (χ2n) is 7.07. The Labute approximate surface area is 177 Å². The van der Waals surface area contributed by atoms with E-state index in [1.54, 1.807) is 0 Å². The number of allylic oxidation sites excluding steroid dienone is 1. The summed E-state index contributed by atoms with van der Waals surface area (Å²) >= 11 is 0. The summed E-state index contributed by atoms with van der Waals surface area (Å²) in [4.78, 5) is 4.79. The van der Waals surface area contributed by atoms with Crippen LogP contribution in [0.1, 0.15) is 17.8 Å². The molecule has 4 rings (SSSR count). The predicted molar refractivity (Wildman–Crippen MR) is 121 cm³/mol. The molecule has 0 saturated heterocycles. The number of nitrogens with zero attached hydrogens (tertiary/aromatic N) is 2. The van der Waals surface area contributed by atoms with Gasteiger partial charge in [0.1, 0.15) is 23.9 Å². The lowest BCUT2D eigenvalue weighted by Gasteiger charge is -2.13. The molecule has 4 nitrogen and oxygen atoms in total. The Hall–Kier alpha value is -3.53. The van der Waals surface area contributed by atoms with Crippen molar-refractivity contribution in [2.24, 2.45) is 0 Å². The number of hydrogen-bond donors (Lipinski definition) is 0. The molecule has 3 aromatic carbocycles. The molecule has 0 unspecified atom stereocenters. The summed E-state index contributed by atoms with van der Waals surface area (Å²) in [5.41, 5.74) is 3.27. The Balaban J connectivity index is 1.43. The van der Waals surface area contributed by atoms with Crippen LogP contribution in [0, 0.1) is 0 Å². The van der Waals surface area contributed by atoms with Gasteiger partial charge < -0.3 is 14.0 Å². The second-order valence-corrected chi connectivity index (χ2v) is 7.07. The monoisotopic (exact) mass is 398 g/mol. The highest BCUT2D eigenvalue weighted by Crippen LogP contribution is 2.21. The zero-order chi connectivity index (χ0) is 20.6. The SMILES string of the molecule is C=CCc1ccccc1OCCCn1c(COc2ccccc2)nc2ccccc21. The number of ether oxygens (including phenoxy) is 2. The zero-order valence-corrected chi connectivity index (χ0v) is 17.0. The lowest BCUT2D eigenvalue weighted by molar-refractivity contribution is 0.279. The first kappa shape index (κ1) is 19.8. The van der Waals surface area contributed by atoms with Crippen LogP contribution in [0.2, 0.25) is 0 Å². The van der Waals surface area contributed by atoms with Gasteiger partial charge >= 0.3 is 0 Å². The van der Waals surface area contributed by atoms with Gasteiger partial charge in [0, 0.05) is 6.54 Å². The third-order valence-corrected chi connectivity index (χ3v) is 4.97. The third-order valence-electron chi connectivity index (χ3n) is 4.97. The highest BCUT2D eigenvalue weighted by molar-refractivity contribution is 5.75. The first-order valence-corrected chi connectivity index (χ1v) is 10.3. The summed E-state index contributed by atoms with van der Waals surface area (Å²) in [6.07, 6.45) is 3.59. The van der Waals surface area contributed by atoms with Crippen molar-refractivity contribution in [2.75, 3.05) is 6.61 Å². The minimum Gasteiger partial charge on any atom is -0.493 e. The smallest absolute Gasteiger partial charge is 0.147 e. The fraction of sp³-hybridized carbons (Fsp3) is 0.192. The van der Waals surface area contributed by atoms with E-state index in [4.69, 9.17) is 14.5 Å². The highest BCUT2D eigenvalue weighted by atomic mass is 16.5. The zero-order valence-electron chi connectivity index (χ0n) is 17.0. The number of imidazole rings is 1. The van der Waals surface area contributed by atoms with Crippen LogP contribution in [0.4, 0.5) is 0 Å². The molecule has 0 aliphatic heterocycles. The number of aryl methyl sites for hydroxylation is 1. The van der Waals surface area contributed by atoms with Crippen molar-refractivity contribution < 1.29 is 9.47 Å². The van der Waals surface area contributed by atoms with Crippen molar-refractivity contribution in [3.63, 3.8) is 0 Å². The standard InChI is InChI=1S/C26H26N2O2/c1-2-11-21-12-6-9-17-25(21)29-19-10-18-28-24-16-8-7-15-23(24)27-26(28)20-30-22-13-4-3-5-14-22/h2-9,12-17H,1,10-11,18-20H2. The molecule has 0 aliphatic rings. The van der Waals surface area contributed by atoms with Gasteiger partial charge in [0.25, 0.3) is 0 Å². The van der Waals surface area contributed by atoms with E-state index in [0.717, 1.165) is 53.3 Å². The average Bonchev–Trinajstić information content (AvgIpc) is 3.15. The largest absolute Gasteiger partial charge is 0.493 e. The van der Waals surface area contributed by atoms with Crippen LogP contribution in [0.3, 0.4) is 0 Å². The summed E-state index contributed by atoms with van der Waals surface area (Å²) < 4.78 is 14.2. The van der Waals surface area contributed by atoms with Gasteiger partial charge in [-0.05, 0) is 48.7 Å². The molecule has 1 aromatic heterocycles. The van der Waals surface area contributed by atoms with E-state index in [2.05, 4.69) is 23.3 Å². The summed E-state index contributed by atoms with van der Waals surface area (Å²) in [5.74, 6) is 2.70. The minimum atomic E-state index is 0.432. The molecule has 0 fully saturated rings. The number of rotatable bonds is 10. The van der Waals surface area contributed by atoms with Gasteiger partial charge in [-0.1, -0.05) is 54.6 Å². The normalized spacial score (nSPS) is 10.8. The molecular formula is C26H26N2O2. The molecule has 152 valence electrons. The molecule has 0 atom stereocenters. The number of para-hydroxylation sites is 4. The van der Waals surface area contributed by atoms with Gasteiger partial charge in [0.2, 0.25) is 0 Å². The first-order valence-electron chi connectivity index (χ1n) is 10.3. The van der Waals surface area contributed by atoms with Gasteiger partial charge in [0.15, 0.2) is 0 Å². The maximum atomic E-state index is 6.06. The second kappa shape index (κ2) is 9.79. The van der Waals surface area contributed by atoms with Gasteiger partial charge in [-0.3, -0.25) is 0 Å². The van der Waals surface area contributed by atoms with E-state index in [0.29, 0.717) is 13.2 Å². The Morgan fingerprint density at radius 2 is 1.63 bits per heavy atom. The predicted octanol–water partition coefficient (Wildman–Crippen LogP) is 5.81. The molecule has 1 heterocycles. The van der Waals surface area contributed by atoms with Crippen molar-refractivity contribution in [1.82, 2.24) is 9.55 Å². The number of aromatic nitrogens is 2. The van der Waals surface area contributed by atoms with E-state index < -0.39 is 0 Å². The van der Waals surface area contributed by atoms with E-state index in [1.807, 2.05) is 72.8 Å². The quantitative estimate of drug-likeness (QED) is 0.250. The Morgan fingerprint density at radius 3 is 2.50 bits per heavy atom. The summed E-state index contributed by atoms with van der Waals surface area (Å²) in [6.45, 7) is 5.72. The van der Waals surface area contributed by atoms with Crippen LogP contribution in [-0.2, 0) is 19.6 Å². The van der Waals surface area contributed by atoms with Crippen molar-refractivity contribution in [3.05, 3.63) is 103 Å². The minimum absolute atomic E-state index is 0.432. The number of benzene rings is 3. The van der Waals surface area contributed by atoms with E-state index in [-0.39, 0.29) is 0 Å². The molecule has 0 aliphatic carbocycles. The Bertz CT molecular complexity index is 1100. The fourth-order valence-electron chi connectivity index (χ4n) is 3.52. The van der Waals surface area contributed by atoms with E-state index >= 15 is 0 Å². The molecule has 0 spiro atoms. The molecule has 30 heavy (non-hydrogen) atoms. The maximum absolute atomic E-state index is 6.06. The molecule has 0 saturated carbocycles. The molecule has 0 bridgehead atoms. The number of hydrogen-bond acceptors (Lipinski definition) is 3. The van der Waals surface area contributed by atoms with Gasteiger partial charge in [-0.2, -0.15) is 0 Å². The maximum Gasteiger partial charge on any atom is 0.147 e. The van der Waals surface area contributed by atoms with Crippen LogP contribution in [-0.4, -0.2) is 16.2 Å². The van der Waals surface area contributed by atoms with Crippen LogP contribution < -0.4 is 9.47 Å². The van der Waals surface area contributed by atoms with Gasteiger partial charge in [-0.15, -0.1) is 6.58 Å². The topological polar surface area (TPSA) is 36.3 Å².